The van der Waals surface area contributed by atoms with Crippen LogP contribution in [-0.2, 0) is 16.0 Å². The van der Waals surface area contributed by atoms with E-state index in [1.165, 1.54) is 4.90 Å². The normalized spacial score (nSPS) is 18.1. The van der Waals surface area contributed by atoms with E-state index in [1.54, 1.807) is 42.6 Å². The second kappa shape index (κ2) is 7.95. The van der Waals surface area contributed by atoms with Crippen molar-refractivity contribution in [1.82, 2.24) is 4.98 Å². The van der Waals surface area contributed by atoms with Crippen LogP contribution < -0.4 is 4.90 Å². The molecule has 0 radical (unpaired) electrons. The van der Waals surface area contributed by atoms with Gasteiger partial charge in [-0.2, -0.15) is 0 Å². The maximum atomic E-state index is 13.1. The molecule has 2 aromatic carbocycles. The van der Waals surface area contributed by atoms with Gasteiger partial charge in [-0.15, -0.1) is 0 Å². The van der Waals surface area contributed by atoms with Crippen molar-refractivity contribution in [2.24, 2.45) is 0 Å². The molecule has 0 bridgehead atoms. The molecule has 1 aromatic heterocycles. The Kier molecular flexibility index (Phi) is 5.19. The largest absolute Gasteiger partial charge is 0.507 e. The molecule has 1 amide bonds. The summed E-state index contributed by atoms with van der Waals surface area (Å²) in [7, 11) is 0. The van der Waals surface area contributed by atoms with E-state index in [2.05, 4.69) is 4.98 Å². The first kappa shape index (κ1) is 19.6. The van der Waals surface area contributed by atoms with Crippen LogP contribution in [0, 0.1) is 6.92 Å². The van der Waals surface area contributed by atoms with Crippen LogP contribution in [0.25, 0.3) is 5.76 Å². The van der Waals surface area contributed by atoms with Crippen molar-refractivity contribution in [3.05, 3.63) is 101 Å². The van der Waals surface area contributed by atoms with E-state index >= 15 is 0 Å². The quantitative estimate of drug-likeness (QED) is 0.397. The number of amides is 1. The lowest BCUT2D eigenvalue weighted by Gasteiger charge is -2.26. The molecular formula is C25H22N2O3. The van der Waals surface area contributed by atoms with E-state index in [0.29, 0.717) is 16.9 Å². The molecule has 1 aliphatic heterocycles. The molecule has 5 heteroatoms. The summed E-state index contributed by atoms with van der Waals surface area (Å²) in [6, 6.07) is 19.2. The molecule has 4 rings (SSSR count). The summed E-state index contributed by atoms with van der Waals surface area (Å²) in [6.07, 6.45) is 2.48. The van der Waals surface area contributed by atoms with Gasteiger partial charge in [0.25, 0.3) is 11.7 Å². The first-order chi connectivity index (χ1) is 14.5. The number of rotatable bonds is 4. The highest BCUT2D eigenvalue weighted by molar-refractivity contribution is 6.51. The summed E-state index contributed by atoms with van der Waals surface area (Å²) in [5.41, 5.74) is 3.66. The SMILES string of the molecule is CCc1ccc(/C(O)=C2/C(=O)C(=O)N(c3ccccc3C)C2c2ccccn2)cc1. The summed E-state index contributed by atoms with van der Waals surface area (Å²) in [5, 5.41) is 11.1. The second-order valence-electron chi connectivity index (χ2n) is 7.26. The number of Topliss-reactive ketones (excluding diaryl/α,β-unsaturated/α-hetero) is 1. The number of aliphatic hydroxyl groups excluding tert-OH is 1. The van der Waals surface area contributed by atoms with Crippen LogP contribution in [-0.4, -0.2) is 21.8 Å². The minimum Gasteiger partial charge on any atom is -0.507 e. The minimum atomic E-state index is -0.807. The molecule has 1 aliphatic rings. The van der Waals surface area contributed by atoms with Crippen molar-refractivity contribution in [3.63, 3.8) is 0 Å². The molecule has 5 nitrogen and oxygen atoms in total. The third-order valence-corrected chi connectivity index (χ3v) is 5.42. The molecule has 150 valence electrons. The summed E-state index contributed by atoms with van der Waals surface area (Å²) in [5.74, 6) is -1.58. The van der Waals surface area contributed by atoms with Gasteiger partial charge in [0.1, 0.15) is 11.8 Å². The number of aliphatic hydroxyl groups is 1. The number of aromatic nitrogens is 1. The van der Waals surface area contributed by atoms with Gasteiger partial charge in [-0.05, 0) is 42.7 Å². The van der Waals surface area contributed by atoms with Gasteiger partial charge in [-0.1, -0.05) is 55.5 Å². The average molecular weight is 398 g/mol. The van der Waals surface area contributed by atoms with Crippen LogP contribution >= 0.6 is 0 Å². The van der Waals surface area contributed by atoms with Gasteiger partial charge in [0.05, 0.1) is 11.3 Å². The highest BCUT2D eigenvalue weighted by Gasteiger charge is 2.47. The molecule has 1 fully saturated rings. The van der Waals surface area contributed by atoms with Crippen LogP contribution in [0.4, 0.5) is 5.69 Å². The Labute approximate surface area is 175 Å². The van der Waals surface area contributed by atoms with Crippen LogP contribution in [0.5, 0.6) is 0 Å². The predicted octanol–water partition coefficient (Wildman–Crippen LogP) is 4.58. The van der Waals surface area contributed by atoms with Gasteiger partial charge in [-0.3, -0.25) is 19.5 Å². The van der Waals surface area contributed by atoms with Crippen LogP contribution in [0.1, 0.15) is 35.3 Å². The molecule has 0 saturated carbocycles. The first-order valence-electron chi connectivity index (χ1n) is 9.89. The summed E-state index contributed by atoms with van der Waals surface area (Å²) in [6.45, 7) is 3.93. The zero-order chi connectivity index (χ0) is 21.3. The van der Waals surface area contributed by atoms with Crippen LogP contribution in [0.2, 0.25) is 0 Å². The highest BCUT2D eigenvalue weighted by atomic mass is 16.3. The Hall–Kier alpha value is -3.73. The van der Waals surface area contributed by atoms with Gasteiger partial charge in [0.15, 0.2) is 0 Å². The van der Waals surface area contributed by atoms with Crippen LogP contribution in [0.3, 0.4) is 0 Å². The predicted molar refractivity (Wildman–Crippen MR) is 116 cm³/mol. The fraction of sp³-hybridized carbons (Fsp3) is 0.160. The summed E-state index contributed by atoms with van der Waals surface area (Å²) in [4.78, 5) is 32.0. The number of carbonyl (C=O) groups is 2. The summed E-state index contributed by atoms with van der Waals surface area (Å²) >= 11 is 0. The fourth-order valence-electron chi connectivity index (χ4n) is 3.79. The zero-order valence-corrected chi connectivity index (χ0v) is 16.9. The molecule has 0 aliphatic carbocycles. The number of hydrogen-bond acceptors (Lipinski definition) is 4. The Bertz CT molecular complexity index is 1130. The van der Waals surface area contributed by atoms with Gasteiger partial charge in [-0.25, -0.2) is 0 Å². The lowest BCUT2D eigenvalue weighted by molar-refractivity contribution is -0.132. The topological polar surface area (TPSA) is 70.5 Å². The molecule has 3 aromatic rings. The van der Waals surface area contributed by atoms with E-state index in [4.69, 9.17) is 0 Å². The Morgan fingerprint density at radius 1 is 1.00 bits per heavy atom. The maximum absolute atomic E-state index is 13.1. The van der Waals surface area contributed by atoms with Gasteiger partial charge in [0.2, 0.25) is 0 Å². The zero-order valence-electron chi connectivity index (χ0n) is 16.9. The van der Waals surface area contributed by atoms with Crippen molar-refractivity contribution >= 4 is 23.1 Å². The molecule has 2 heterocycles. The van der Waals surface area contributed by atoms with E-state index in [-0.39, 0.29) is 11.3 Å². The van der Waals surface area contributed by atoms with Crippen LogP contribution in [0.15, 0.2) is 78.5 Å². The number of nitrogens with zero attached hydrogens (tertiary/aromatic N) is 2. The number of aryl methyl sites for hydroxylation is 2. The van der Waals surface area contributed by atoms with Gasteiger partial charge in [0, 0.05) is 17.4 Å². The highest BCUT2D eigenvalue weighted by Crippen LogP contribution is 2.42. The number of hydrogen-bond donors (Lipinski definition) is 1. The smallest absolute Gasteiger partial charge is 0.300 e. The molecule has 30 heavy (non-hydrogen) atoms. The van der Waals surface area contributed by atoms with Gasteiger partial charge >= 0.3 is 0 Å². The molecule has 0 spiro atoms. The lowest BCUT2D eigenvalue weighted by Crippen LogP contribution is -2.30. The fourth-order valence-corrected chi connectivity index (χ4v) is 3.79. The molecule has 1 unspecified atom stereocenters. The molecule has 1 saturated heterocycles. The monoisotopic (exact) mass is 398 g/mol. The lowest BCUT2D eigenvalue weighted by atomic mass is 9.97. The average Bonchev–Trinajstić information content (AvgIpc) is 3.05. The van der Waals surface area contributed by atoms with E-state index in [0.717, 1.165) is 17.5 Å². The number of ketones is 1. The Balaban J connectivity index is 1.93. The van der Waals surface area contributed by atoms with Crippen molar-refractivity contribution in [2.45, 2.75) is 26.3 Å². The maximum Gasteiger partial charge on any atom is 0.300 e. The number of para-hydroxylation sites is 1. The van der Waals surface area contributed by atoms with Crippen molar-refractivity contribution < 1.29 is 14.7 Å². The second-order valence-corrected chi connectivity index (χ2v) is 7.26. The number of benzene rings is 2. The molecule has 1 N–H and O–H groups in total. The molecular weight excluding hydrogens is 376 g/mol. The minimum absolute atomic E-state index is 0.0474. The number of carbonyl (C=O) groups excluding carboxylic acids is 2. The first-order valence-corrected chi connectivity index (χ1v) is 9.89. The van der Waals surface area contributed by atoms with Crippen molar-refractivity contribution in [1.29, 1.82) is 0 Å². The van der Waals surface area contributed by atoms with E-state index in [1.807, 2.05) is 44.2 Å². The van der Waals surface area contributed by atoms with Crippen molar-refractivity contribution in [3.8, 4) is 0 Å². The van der Waals surface area contributed by atoms with Crippen molar-refractivity contribution in [2.75, 3.05) is 4.90 Å². The number of pyridine rings is 1. The van der Waals surface area contributed by atoms with E-state index in [9.17, 15) is 14.7 Å². The third-order valence-electron chi connectivity index (χ3n) is 5.42. The summed E-state index contributed by atoms with van der Waals surface area (Å²) < 4.78 is 0. The van der Waals surface area contributed by atoms with Gasteiger partial charge < -0.3 is 5.11 Å². The Morgan fingerprint density at radius 3 is 2.33 bits per heavy atom. The Morgan fingerprint density at radius 2 is 1.70 bits per heavy atom. The number of anilines is 1. The third kappa shape index (κ3) is 3.28. The van der Waals surface area contributed by atoms with E-state index < -0.39 is 17.7 Å². The standard InChI is InChI=1S/C25H22N2O3/c1-3-17-11-13-18(14-12-17)23(28)21-22(19-9-6-7-15-26-19)27(25(30)24(21)29)20-10-5-4-8-16(20)2/h4-15,22,28H,3H2,1-2H3/b23-21-. The molecule has 1 atom stereocenters.